The second-order valence-corrected chi connectivity index (χ2v) is 7.06. The Bertz CT molecular complexity index is 830. The van der Waals surface area contributed by atoms with Crippen LogP contribution in [-0.4, -0.2) is 38.5 Å². The summed E-state index contributed by atoms with van der Waals surface area (Å²) in [5.41, 5.74) is 1.19. The van der Waals surface area contributed by atoms with Gasteiger partial charge in [-0.1, -0.05) is 11.6 Å². The maximum Gasteiger partial charge on any atom is 0.338 e. The molecule has 7 heteroatoms. The van der Waals surface area contributed by atoms with Crippen LogP contribution < -0.4 is 14.2 Å². The van der Waals surface area contributed by atoms with E-state index in [1.165, 1.54) is 0 Å². The number of carbonyl (C=O) groups is 1. The molecule has 4 rings (SSSR count). The Balaban J connectivity index is 1.31. The Kier molecular flexibility index (Phi) is 5.88. The Morgan fingerprint density at radius 1 is 1.11 bits per heavy atom. The fraction of sp³-hybridized carbons (Fsp3) is 0.381. The summed E-state index contributed by atoms with van der Waals surface area (Å²) in [7, 11) is 0. The first kappa shape index (κ1) is 18.9. The fourth-order valence-electron chi connectivity index (χ4n) is 3.13. The van der Waals surface area contributed by atoms with Crippen molar-refractivity contribution in [1.29, 1.82) is 0 Å². The van der Waals surface area contributed by atoms with Crippen LogP contribution in [-0.2, 0) is 16.1 Å². The fourth-order valence-corrected chi connectivity index (χ4v) is 3.42. The number of rotatable bonds is 6. The summed E-state index contributed by atoms with van der Waals surface area (Å²) < 4.78 is 27.6. The van der Waals surface area contributed by atoms with Gasteiger partial charge in [-0.05, 0) is 54.8 Å². The highest BCUT2D eigenvalue weighted by molar-refractivity contribution is 6.32. The van der Waals surface area contributed by atoms with E-state index in [0.717, 1.165) is 25.0 Å². The zero-order valence-electron chi connectivity index (χ0n) is 15.3. The summed E-state index contributed by atoms with van der Waals surface area (Å²) in [5, 5.41) is 0.441. The monoisotopic (exact) mass is 404 g/mol. The number of esters is 1. The third-order valence-corrected chi connectivity index (χ3v) is 4.86. The van der Waals surface area contributed by atoms with Crippen LogP contribution in [0.5, 0.6) is 17.2 Å². The molecule has 2 aromatic carbocycles. The molecule has 1 atom stereocenters. The van der Waals surface area contributed by atoms with Crippen molar-refractivity contribution < 1.29 is 28.5 Å². The molecule has 2 heterocycles. The number of benzene rings is 2. The lowest BCUT2D eigenvalue weighted by Crippen LogP contribution is -2.16. The maximum absolute atomic E-state index is 12.3. The molecule has 148 valence electrons. The van der Waals surface area contributed by atoms with Gasteiger partial charge in [-0.25, -0.2) is 4.79 Å². The average molecular weight is 405 g/mol. The van der Waals surface area contributed by atoms with Crippen molar-refractivity contribution in [2.75, 3.05) is 26.4 Å². The molecule has 28 heavy (non-hydrogen) atoms. The van der Waals surface area contributed by atoms with E-state index in [9.17, 15) is 4.79 Å². The molecule has 6 nitrogen and oxygen atoms in total. The minimum Gasteiger partial charge on any atom is -0.491 e. The molecule has 0 aliphatic carbocycles. The summed E-state index contributed by atoms with van der Waals surface area (Å²) in [6, 6.07) is 10.4. The largest absolute Gasteiger partial charge is 0.491 e. The van der Waals surface area contributed by atoms with Crippen LogP contribution in [0.2, 0.25) is 5.02 Å². The lowest BCUT2D eigenvalue weighted by atomic mass is 10.2. The van der Waals surface area contributed by atoms with Crippen molar-refractivity contribution in [2.24, 2.45) is 0 Å². The second kappa shape index (κ2) is 8.71. The van der Waals surface area contributed by atoms with Crippen molar-refractivity contribution in [1.82, 2.24) is 0 Å². The van der Waals surface area contributed by atoms with Crippen LogP contribution >= 0.6 is 11.6 Å². The Morgan fingerprint density at radius 2 is 1.93 bits per heavy atom. The number of halogens is 1. The molecule has 0 saturated carbocycles. The van der Waals surface area contributed by atoms with Gasteiger partial charge in [0.15, 0.2) is 11.5 Å². The van der Waals surface area contributed by atoms with Gasteiger partial charge in [0.1, 0.15) is 32.2 Å². The smallest absolute Gasteiger partial charge is 0.338 e. The summed E-state index contributed by atoms with van der Waals surface area (Å²) in [4.78, 5) is 12.3. The van der Waals surface area contributed by atoms with Crippen LogP contribution in [0.1, 0.15) is 28.8 Å². The molecule has 0 radical (unpaired) electrons. The zero-order chi connectivity index (χ0) is 19.3. The van der Waals surface area contributed by atoms with Crippen molar-refractivity contribution in [3.63, 3.8) is 0 Å². The van der Waals surface area contributed by atoms with Gasteiger partial charge < -0.3 is 23.7 Å². The number of ether oxygens (including phenoxy) is 5. The van der Waals surface area contributed by atoms with Gasteiger partial charge in [0, 0.05) is 6.61 Å². The van der Waals surface area contributed by atoms with Crippen molar-refractivity contribution >= 4 is 17.6 Å². The van der Waals surface area contributed by atoms with E-state index in [1.54, 1.807) is 36.4 Å². The maximum atomic E-state index is 12.3. The van der Waals surface area contributed by atoms with Crippen molar-refractivity contribution in [2.45, 2.75) is 25.6 Å². The topological polar surface area (TPSA) is 63.2 Å². The van der Waals surface area contributed by atoms with Crippen molar-refractivity contribution in [3.8, 4) is 17.2 Å². The molecule has 2 aliphatic rings. The average Bonchev–Trinajstić information content (AvgIpc) is 3.25. The minimum absolute atomic E-state index is 0.0897. The molecule has 2 aliphatic heterocycles. The van der Waals surface area contributed by atoms with Gasteiger partial charge in [-0.3, -0.25) is 0 Å². The predicted octanol–water partition coefficient (Wildman–Crippen LogP) is 4.03. The zero-order valence-corrected chi connectivity index (χ0v) is 16.1. The molecule has 2 aromatic rings. The Hall–Kier alpha value is -2.44. The van der Waals surface area contributed by atoms with Crippen molar-refractivity contribution in [3.05, 3.63) is 52.5 Å². The van der Waals surface area contributed by atoms with Gasteiger partial charge in [-0.15, -0.1) is 0 Å². The lowest BCUT2D eigenvalue weighted by Gasteiger charge is -2.20. The van der Waals surface area contributed by atoms with Gasteiger partial charge in [0.2, 0.25) is 0 Å². The van der Waals surface area contributed by atoms with Crippen LogP contribution in [0.4, 0.5) is 0 Å². The molecule has 1 fully saturated rings. The van der Waals surface area contributed by atoms with Crippen LogP contribution in [0.15, 0.2) is 36.4 Å². The summed E-state index contributed by atoms with van der Waals surface area (Å²) in [6.07, 6.45) is 2.25. The third-order valence-electron chi connectivity index (χ3n) is 4.58. The number of fused-ring (bicyclic) bond motifs is 1. The van der Waals surface area contributed by atoms with E-state index in [1.807, 2.05) is 0 Å². The van der Waals surface area contributed by atoms with E-state index in [0.29, 0.717) is 47.7 Å². The quantitative estimate of drug-likeness (QED) is 0.677. The highest BCUT2D eigenvalue weighted by atomic mass is 35.5. The van der Waals surface area contributed by atoms with E-state index in [4.69, 9.17) is 35.3 Å². The standard InChI is InChI=1S/C21H21ClO6/c22-18-10-14(11-19-20(18)26-9-8-25-19)12-28-21(23)15-3-5-16(6-4-15)27-13-17-2-1-7-24-17/h3-6,10-11,17H,1-2,7-9,12-13H2/t17-/m0/s1. The van der Waals surface area contributed by atoms with Crippen LogP contribution in [0, 0.1) is 0 Å². The molecule has 0 amide bonds. The number of hydrogen-bond donors (Lipinski definition) is 0. The first-order valence-corrected chi connectivity index (χ1v) is 9.66. The highest BCUT2D eigenvalue weighted by Crippen LogP contribution is 2.38. The molecule has 0 aromatic heterocycles. The number of carbonyl (C=O) groups excluding carboxylic acids is 1. The molecule has 0 bridgehead atoms. The number of hydrogen-bond acceptors (Lipinski definition) is 6. The molecule has 0 spiro atoms. The molecular weight excluding hydrogens is 384 g/mol. The predicted molar refractivity (Wildman–Crippen MR) is 102 cm³/mol. The van der Waals surface area contributed by atoms with E-state index in [2.05, 4.69) is 0 Å². The normalized spacial score (nSPS) is 18.0. The lowest BCUT2D eigenvalue weighted by molar-refractivity contribution is 0.0471. The van der Waals surface area contributed by atoms with E-state index in [-0.39, 0.29) is 12.7 Å². The Morgan fingerprint density at radius 3 is 2.71 bits per heavy atom. The van der Waals surface area contributed by atoms with E-state index < -0.39 is 5.97 Å². The van der Waals surface area contributed by atoms with Gasteiger partial charge in [0.05, 0.1) is 16.7 Å². The summed E-state index contributed by atoms with van der Waals surface area (Å²) in [6.45, 7) is 2.34. The SMILES string of the molecule is O=C(OCc1cc(Cl)c2c(c1)OCCO2)c1ccc(OC[C@@H]2CCCO2)cc1. The first-order chi connectivity index (χ1) is 13.7. The molecule has 1 saturated heterocycles. The van der Waals surface area contributed by atoms with Gasteiger partial charge in [-0.2, -0.15) is 0 Å². The summed E-state index contributed by atoms with van der Waals surface area (Å²) >= 11 is 6.21. The summed E-state index contributed by atoms with van der Waals surface area (Å²) in [5.74, 6) is 1.38. The molecule has 0 unspecified atom stereocenters. The van der Waals surface area contributed by atoms with Gasteiger partial charge >= 0.3 is 5.97 Å². The molecule has 0 N–H and O–H groups in total. The Labute approximate surface area is 168 Å². The van der Waals surface area contributed by atoms with E-state index >= 15 is 0 Å². The van der Waals surface area contributed by atoms with Crippen LogP contribution in [0.3, 0.4) is 0 Å². The first-order valence-electron chi connectivity index (χ1n) is 9.28. The van der Waals surface area contributed by atoms with Gasteiger partial charge in [0.25, 0.3) is 0 Å². The second-order valence-electron chi connectivity index (χ2n) is 6.65. The minimum atomic E-state index is -0.420. The van der Waals surface area contributed by atoms with Crippen LogP contribution in [0.25, 0.3) is 0 Å². The molecular formula is C21H21ClO6. The highest BCUT2D eigenvalue weighted by Gasteiger charge is 2.18. The third kappa shape index (κ3) is 4.51.